The van der Waals surface area contributed by atoms with E-state index in [0.717, 1.165) is 11.1 Å². The van der Waals surface area contributed by atoms with Crippen LogP contribution in [-0.4, -0.2) is 15.9 Å². The van der Waals surface area contributed by atoms with Crippen molar-refractivity contribution < 1.29 is 9.00 Å². The molecule has 0 heterocycles. The molecule has 23 heavy (non-hydrogen) atoms. The molecule has 122 valence electrons. The van der Waals surface area contributed by atoms with Gasteiger partial charge in [-0.25, -0.2) is 0 Å². The van der Waals surface area contributed by atoms with Crippen LogP contribution >= 0.6 is 23.2 Å². The van der Waals surface area contributed by atoms with Gasteiger partial charge in [-0.2, -0.15) is 0 Å². The molecule has 0 aliphatic rings. The molecule has 2 aromatic rings. The average molecular weight is 370 g/mol. The second-order valence-corrected chi connectivity index (χ2v) is 7.46. The van der Waals surface area contributed by atoms with Gasteiger partial charge in [0.25, 0.3) is 0 Å². The number of hydrogen-bond donors (Lipinski definition) is 1. The van der Waals surface area contributed by atoms with Gasteiger partial charge in [0, 0.05) is 20.8 Å². The van der Waals surface area contributed by atoms with E-state index in [1.54, 1.807) is 18.2 Å². The van der Waals surface area contributed by atoms with Gasteiger partial charge in [0.2, 0.25) is 5.91 Å². The maximum Gasteiger partial charge on any atom is 0.233 e. The highest BCUT2D eigenvalue weighted by atomic mass is 35.5. The monoisotopic (exact) mass is 369 g/mol. The molecule has 0 bridgehead atoms. The zero-order chi connectivity index (χ0) is 16.8. The van der Waals surface area contributed by atoms with Gasteiger partial charge in [-0.3, -0.25) is 9.00 Å². The Bertz CT molecular complexity index is 707. The molecule has 3 nitrogen and oxygen atoms in total. The second-order valence-electron chi connectivity index (χ2n) is 5.16. The predicted molar refractivity (Wildman–Crippen MR) is 96.2 cm³/mol. The number of halogens is 2. The first-order valence-corrected chi connectivity index (χ1v) is 9.33. The molecule has 0 saturated carbocycles. The van der Waals surface area contributed by atoms with Crippen LogP contribution in [0.1, 0.15) is 24.1 Å². The van der Waals surface area contributed by atoms with Crippen LogP contribution in [0, 0.1) is 0 Å². The van der Waals surface area contributed by atoms with Crippen LogP contribution in [0.25, 0.3) is 0 Å². The lowest BCUT2D eigenvalue weighted by Crippen LogP contribution is -2.31. The van der Waals surface area contributed by atoms with Crippen molar-refractivity contribution in [2.24, 2.45) is 0 Å². The van der Waals surface area contributed by atoms with E-state index in [0.29, 0.717) is 10.0 Å². The van der Waals surface area contributed by atoms with E-state index in [2.05, 4.69) is 5.32 Å². The molecule has 1 N–H and O–H groups in total. The Kier molecular flexibility index (Phi) is 6.63. The number of nitrogens with one attached hydrogen (secondary N) is 1. The van der Waals surface area contributed by atoms with Crippen LogP contribution in [0.15, 0.2) is 48.5 Å². The molecule has 0 aromatic heterocycles. The molecule has 2 atom stereocenters. The van der Waals surface area contributed by atoms with Crippen molar-refractivity contribution in [3.05, 3.63) is 69.7 Å². The SMILES string of the molecule is CC(NC(=O)CS(=O)Cc1ccc(Cl)cc1Cl)c1ccccc1. The minimum atomic E-state index is -1.33. The second kappa shape index (κ2) is 8.48. The summed E-state index contributed by atoms with van der Waals surface area (Å²) in [5, 5.41) is 3.84. The van der Waals surface area contributed by atoms with Crippen molar-refractivity contribution >= 4 is 39.9 Å². The highest BCUT2D eigenvalue weighted by Gasteiger charge is 2.14. The summed E-state index contributed by atoms with van der Waals surface area (Å²) in [5.41, 5.74) is 1.73. The minimum Gasteiger partial charge on any atom is -0.349 e. The summed E-state index contributed by atoms with van der Waals surface area (Å²) in [5.74, 6) is -0.0796. The van der Waals surface area contributed by atoms with Gasteiger partial charge in [0.05, 0.1) is 11.8 Å². The Hall–Kier alpha value is -1.36. The smallest absolute Gasteiger partial charge is 0.233 e. The maximum absolute atomic E-state index is 12.1. The fourth-order valence-electron chi connectivity index (χ4n) is 2.12. The van der Waals surface area contributed by atoms with E-state index in [4.69, 9.17) is 23.2 Å². The third kappa shape index (κ3) is 5.65. The molecule has 2 rings (SSSR count). The number of rotatable bonds is 6. The highest BCUT2D eigenvalue weighted by molar-refractivity contribution is 7.84. The molecule has 0 fully saturated rings. The first-order chi connectivity index (χ1) is 11.0. The molecule has 2 unspecified atom stereocenters. The van der Waals surface area contributed by atoms with Gasteiger partial charge in [-0.1, -0.05) is 59.6 Å². The number of amides is 1. The van der Waals surface area contributed by atoms with Crippen molar-refractivity contribution in [1.82, 2.24) is 5.32 Å². The Morgan fingerprint density at radius 3 is 2.52 bits per heavy atom. The summed E-state index contributed by atoms with van der Waals surface area (Å²) in [6.07, 6.45) is 0. The number of carbonyl (C=O) groups is 1. The van der Waals surface area contributed by atoms with E-state index in [1.807, 2.05) is 37.3 Å². The Labute approximate surface area is 148 Å². The summed E-state index contributed by atoms with van der Waals surface area (Å²) >= 11 is 11.9. The maximum atomic E-state index is 12.1. The van der Waals surface area contributed by atoms with E-state index < -0.39 is 10.8 Å². The molecule has 0 aliphatic carbocycles. The van der Waals surface area contributed by atoms with Crippen LogP contribution < -0.4 is 5.32 Å². The molecule has 0 spiro atoms. The summed E-state index contributed by atoms with van der Waals surface area (Å²) in [6, 6.07) is 14.5. The van der Waals surface area contributed by atoms with Crippen molar-refractivity contribution in [3.63, 3.8) is 0 Å². The predicted octanol–water partition coefficient (Wildman–Crippen LogP) is 4.12. The number of carbonyl (C=O) groups excluding carboxylic acids is 1. The number of benzene rings is 2. The van der Waals surface area contributed by atoms with Crippen LogP contribution in [0.3, 0.4) is 0 Å². The Morgan fingerprint density at radius 1 is 1.17 bits per heavy atom. The third-order valence-electron chi connectivity index (χ3n) is 3.30. The van der Waals surface area contributed by atoms with Crippen molar-refractivity contribution in [2.45, 2.75) is 18.7 Å². The normalized spacial score (nSPS) is 13.3. The van der Waals surface area contributed by atoms with E-state index in [-0.39, 0.29) is 23.5 Å². The minimum absolute atomic E-state index is 0.0594. The van der Waals surface area contributed by atoms with Gasteiger partial charge < -0.3 is 5.32 Å². The zero-order valence-corrected chi connectivity index (χ0v) is 14.9. The fraction of sp³-hybridized carbons (Fsp3) is 0.235. The van der Waals surface area contributed by atoms with Crippen molar-refractivity contribution in [1.29, 1.82) is 0 Å². The average Bonchev–Trinajstić information content (AvgIpc) is 2.50. The van der Waals surface area contributed by atoms with E-state index >= 15 is 0 Å². The molecular formula is C17H17Cl2NO2S. The molecular weight excluding hydrogens is 353 g/mol. The zero-order valence-electron chi connectivity index (χ0n) is 12.6. The van der Waals surface area contributed by atoms with Gasteiger partial charge in [-0.05, 0) is 30.2 Å². The van der Waals surface area contributed by atoms with Gasteiger partial charge >= 0.3 is 0 Å². The van der Waals surface area contributed by atoms with Gasteiger partial charge in [0.15, 0.2) is 0 Å². The summed E-state index contributed by atoms with van der Waals surface area (Å²) in [7, 11) is -1.33. The largest absolute Gasteiger partial charge is 0.349 e. The van der Waals surface area contributed by atoms with Crippen molar-refractivity contribution in [2.75, 3.05) is 5.75 Å². The van der Waals surface area contributed by atoms with E-state index in [9.17, 15) is 9.00 Å². The molecule has 6 heteroatoms. The van der Waals surface area contributed by atoms with Gasteiger partial charge in [-0.15, -0.1) is 0 Å². The Morgan fingerprint density at radius 2 is 1.87 bits per heavy atom. The molecule has 0 saturated heterocycles. The first-order valence-electron chi connectivity index (χ1n) is 7.09. The lowest BCUT2D eigenvalue weighted by atomic mass is 10.1. The standard InChI is InChI=1S/C17H17Cl2NO2S/c1-12(13-5-3-2-4-6-13)20-17(21)11-23(22)10-14-7-8-15(18)9-16(14)19/h2-9,12H,10-11H2,1H3,(H,20,21). The quantitative estimate of drug-likeness (QED) is 0.832. The summed E-state index contributed by atoms with van der Waals surface area (Å²) in [6.45, 7) is 1.90. The summed E-state index contributed by atoms with van der Waals surface area (Å²) < 4.78 is 12.1. The molecule has 0 aliphatic heterocycles. The fourth-order valence-corrected chi connectivity index (χ4v) is 3.75. The molecule has 2 aromatic carbocycles. The lowest BCUT2D eigenvalue weighted by molar-refractivity contribution is -0.119. The van der Waals surface area contributed by atoms with Crippen LogP contribution in [0.2, 0.25) is 10.0 Å². The van der Waals surface area contributed by atoms with Crippen molar-refractivity contribution in [3.8, 4) is 0 Å². The third-order valence-corrected chi connectivity index (χ3v) is 5.10. The van der Waals surface area contributed by atoms with Crippen LogP contribution in [0.5, 0.6) is 0 Å². The van der Waals surface area contributed by atoms with Crippen LogP contribution in [0.4, 0.5) is 0 Å². The van der Waals surface area contributed by atoms with Crippen LogP contribution in [-0.2, 0) is 21.3 Å². The van der Waals surface area contributed by atoms with E-state index in [1.165, 1.54) is 0 Å². The van der Waals surface area contributed by atoms with Gasteiger partial charge in [0.1, 0.15) is 5.75 Å². The summed E-state index contributed by atoms with van der Waals surface area (Å²) in [4.78, 5) is 12.0. The molecule has 1 amide bonds. The Balaban J connectivity index is 1.88. The first kappa shape index (κ1) is 18.0. The highest BCUT2D eigenvalue weighted by Crippen LogP contribution is 2.22. The lowest BCUT2D eigenvalue weighted by Gasteiger charge is -2.14. The number of hydrogen-bond acceptors (Lipinski definition) is 2. The topological polar surface area (TPSA) is 46.2 Å². The molecule has 0 radical (unpaired) electrons.